The highest BCUT2D eigenvalue weighted by Crippen LogP contribution is 2.33. The zero-order valence-corrected chi connectivity index (χ0v) is 23.4. The Morgan fingerprint density at radius 1 is 1.00 bits per heavy atom. The summed E-state index contributed by atoms with van der Waals surface area (Å²) in [6.45, 7) is 12.7. The zero-order chi connectivity index (χ0) is 26.7. The lowest BCUT2D eigenvalue weighted by Gasteiger charge is -2.26. The number of nitrogens with zero attached hydrogens (tertiary/aromatic N) is 2. The predicted octanol–water partition coefficient (Wildman–Crippen LogP) is 5.83. The fraction of sp³-hybridized carbons (Fsp3) is 0.387. The van der Waals surface area contributed by atoms with Gasteiger partial charge in [0.25, 0.3) is 5.56 Å². The van der Waals surface area contributed by atoms with E-state index < -0.39 is 12.0 Å². The standard InChI is InChI=1S/C31H36N2O3S/c1-7-9-25-27(30(35)36-8-2)28(24-16-14-23(15-17-24)20(5)6)33-29(34)26(37-31(33)32-25)18-21-10-12-22(13-11-21)19(3)4/h10-20,28H,7-9H2,1-6H3/b26-18-. The van der Waals surface area contributed by atoms with E-state index in [2.05, 4.69) is 58.9 Å². The molecule has 1 aliphatic rings. The zero-order valence-electron chi connectivity index (χ0n) is 22.6. The molecule has 1 atom stereocenters. The van der Waals surface area contributed by atoms with Crippen LogP contribution in [-0.2, 0) is 9.53 Å². The van der Waals surface area contributed by atoms with Gasteiger partial charge < -0.3 is 4.74 Å². The van der Waals surface area contributed by atoms with Crippen molar-refractivity contribution in [3.63, 3.8) is 0 Å². The smallest absolute Gasteiger partial charge is 0.338 e. The number of fused-ring (bicyclic) bond motifs is 1. The molecule has 3 aromatic rings. The van der Waals surface area contributed by atoms with Gasteiger partial charge in [-0.2, -0.15) is 0 Å². The number of carbonyl (C=O) groups is 1. The van der Waals surface area contributed by atoms with Crippen molar-refractivity contribution in [2.75, 3.05) is 6.61 Å². The monoisotopic (exact) mass is 516 g/mol. The molecule has 0 spiro atoms. The number of thiazole rings is 1. The van der Waals surface area contributed by atoms with Crippen molar-refractivity contribution in [1.82, 2.24) is 4.57 Å². The van der Waals surface area contributed by atoms with E-state index >= 15 is 0 Å². The Morgan fingerprint density at radius 3 is 2.14 bits per heavy atom. The van der Waals surface area contributed by atoms with Crippen LogP contribution in [0.4, 0.5) is 0 Å². The number of rotatable bonds is 8. The van der Waals surface area contributed by atoms with E-state index in [0.717, 1.165) is 17.5 Å². The largest absolute Gasteiger partial charge is 0.463 e. The second-order valence-electron chi connectivity index (χ2n) is 10.1. The molecule has 0 aliphatic carbocycles. The molecule has 5 nitrogen and oxygen atoms in total. The van der Waals surface area contributed by atoms with Gasteiger partial charge in [-0.3, -0.25) is 9.36 Å². The molecule has 0 amide bonds. The first-order chi connectivity index (χ1) is 17.7. The summed E-state index contributed by atoms with van der Waals surface area (Å²) < 4.78 is 7.76. The number of aromatic nitrogens is 1. The Labute approximate surface area is 222 Å². The minimum atomic E-state index is -0.580. The van der Waals surface area contributed by atoms with Gasteiger partial charge >= 0.3 is 5.97 Å². The minimum absolute atomic E-state index is 0.146. The Kier molecular flexibility index (Phi) is 8.28. The molecule has 194 valence electrons. The van der Waals surface area contributed by atoms with Crippen molar-refractivity contribution < 1.29 is 9.53 Å². The molecule has 1 aliphatic heterocycles. The molecule has 0 saturated carbocycles. The van der Waals surface area contributed by atoms with Crippen molar-refractivity contribution in [3.05, 3.63) is 102 Å². The van der Waals surface area contributed by atoms with Gasteiger partial charge in [0.1, 0.15) is 0 Å². The summed E-state index contributed by atoms with van der Waals surface area (Å²) in [7, 11) is 0. The van der Waals surface area contributed by atoms with Crippen LogP contribution in [0.15, 0.2) is 69.6 Å². The third-order valence-electron chi connectivity index (χ3n) is 6.71. The number of hydrogen-bond donors (Lipinski definition) is 0. The van der Waals surface area contributed by atoms with Gasteiger partial charge in [-0.05, 0) is 53.5 Å². The summed E-state index contributed by atoms with van der Waals surface area (Å²) in [4.78, 5) is 32.6. The number of ether oxygens (including phenoxy) is 1. The van der Waals surface area contributed by atoms with E-state index in [4.69, 9.17) is 9.73 Å². The summed E-state index contributed by atoms with van der Waals surface area (Å²) in [5, 5.41) is 0. The summed E-state index contributed by atoms with van der Waals surface area (Å²) >= 11 is 1.37. The van der Waals surface area contributed by atoms with E-state index in [1.165, 1.54) is 22.5 Å². The van der Waals surface area contributed by atoms with E-state index in [0.29, 0.717) is 38.9 Å². The Morgan fingerprint density at radius 2 is 1.59 bits per heavy atom. The van der Waals surface area contributed by atoms with Crippen LogP contribution in [0.2, 0.25) is 0 Å². The van der Waals surface area contributed by atoms with Gasteiger partial charge in [0.2, 0.25) is 0 Å². The SMILES string of the molecule is CCCC1=C(C(=O)OCC)C(c2ccc(C(C)C)cc2)n2c(s/c(=C\c3ccc(C(C)C)cc3)c2=O)=N1. The lowest BCUT2D eigenvalue weighted by Crippen LogP contribution is -2.40. The summed E-state index contributed by atoms with van der Waals surface area (Å²) in [5.41, 5.74) is 5.32. The molecule has 0 N–H and O–H groups in total. The minimum Gasteiger partial charge on any atom is -0.463 e. The van der Waals surface area contributed by atoms with Gasteiger partial charge in [0, 0.05) is 0 Å². The normalized spacial score (nSPS) is 15.8. The van der Waals surface area contributed by atoms with Crippen LogP contribution in [0.5, 0.6) is 0 Å². The fourth-order valence-electron chi connectivity index (χ4n) is 4.63. The molecule has 2 heterocycles. The van der Waals surface area contributed by atoms with E-state index in [-0.39, 0.29) is 12.2 Å². The first-order valence-corrected chi connectivity index (χ1v) is 14.0. The first-order valence-electron chi connectivity index (χ1n) is 13.2. The molecule has 0 radical (unpaired) electrons. The van der Waals surface area contributed by atoms with Crippen LogP contribution in [0.25, 0.3) is 6.08 Å². The molecular formula is C31H36N2O3S. The molecule has 1 aromatic heterocycles. The maximum atomic E-state index is 13.9. The highest BCUT2D eigenvalue weighted by molar-refractivity contribution is 7.07. The third kappa shape index (κ3) is 5.54. The fourth-order valence-corrected chi connectivity index (χ4v) is 5.65. The van der Waals surface area contributed by atoms with Crippen LogP contribution in [0.1, 0.15) is 94.5 Å². The van der Waals surface area contributed by atoms with Crippen molar-refractivity contribution in [2.45, 2.75) is 72.3 Å². The van der Waals surface area contributed by atoms with E-state index in [1.807, 2.05) is 30.3 Å². The molecule has 1 unspecified atom stereocenters. The molecule has 2 aromatic carbocycles. The topological polar surface area (TPSA) is 60.7 Å². The average molecular weight is 517 g/mol. The van der Waals surface area contributed by atoms with Crippen LogP contribution in [-0.4, -0.2) is 17.1 Å². The molecule has 4 rings (SSSR count). The predicted molar refractivity (Wildman–Crippen MR) is 151 cm³/mol. The maximum absolute atomic E-state index is 13.9. The van der Waals surface area contributed by atoms with Gasteiger partial charge in [-0.1, -0.05) is 101 Å². The van der Waals surface area contributed by atoms with Gasteiger partial charge in [-0.25, -0.2) is 9.79 Å². The molecule has 0 saturated heterocycles. The summed E-state index contributed by atoms with van der Waals surface area (Å²) in [5.74, 6) is 0.416. The number of esters is 1. The van der Waals surface area contributed by atoms with Crippen molar-refractivity contribution >= 4 is 23.4 Å². The molecular weight excluding hydrogens is 480 g/mol. The highest BCUT2D eigenvalue weighted by atomic mass is 32.1. The average Bonchev–Trinajstić information content (AvgIpc) is 3.18. The summed E-state index contributed by atoms with van der Waals surface area (Å²) in [6, 6.07) is 15.9. The quantitative estimate of drug-likeness (QED) is 0.354. The Balaban J connectivity index is 1.93. The van der Waals surface area contributed by atoms with Crippen molar-refractivity contribution in [2.24, 2.45) is 4.99 Å². The van der Waals surface area contributed by atoms with Crippen LogP contribution < -0.4 is 14.9 Å². The molecule has 6 heteroatoms. The first kappa shape index (κ1) is 26.8. The molecule has 37 heavy (non-hydrogen) atoms. The van der Waals surface area contributed by atoms with Gasteiger partial charge in [0.15, 0.2) is 4.80 Å². The van der Waals surface area contributed by atoms with E-state index in [9.17, 15) is 9.59 Å². The molecule has 0 fully saturated rings. The Hall–Kier alpha value is -3.25. The number of hydrogen-bond acceptors (Lipinski definition) is 5. The number of carbonyl (C=O) groups excluding carboxylic acids is 1. The summed E-state index contributed by atoms with van der Waals surface area (Å²) in [6.07, 6.45) is 3.38. The third-order valence-corrected chi connectivity index (χ3v) is 7.69. The highest BCUT2D eigenvalue weighted by Gasteiger charge is 2.34. The lowest BCUT2D eigenvalue weighted by atomic mass is 9.92. The van der Waals surface area contributed by atoms with Gasteiger partial charge in [0.05, 0.1) is 28.5 Å². The number of benzene rings is 2. The van der Waals surface area contributed by atoms with Gasteiger partial charge in [-0.15, -0.1) is 0 Å². The van der Waals surface area contributed by atoms with Crippen molar-refractivity contribution in [1.29, 1.82) is 0 Å². The van der Waals surface area contributed by atoms with Crippen LogP contribution in [0, 0.1) is 0 Å². The second-order valence-corrected chi connectivity index (χ2v) is 11.1. The van der Waals surface area contributed by atoms with Crippen LogP contribution >= 0.6 is 11.3 Å². The van der Waals surface area contributed by atoms with E-state index in [1.54, 1.807) is 11.5 Å². The number of allylic oxidation sites excluding steroid dienone is 1. The molecule has 0 bridgehead atoms. The van der Waals surface area contributed by atoms with Crippen LogP contribution in [0.3, 0.4) is 0 Å². The Bertz CT molecular complexity index is 1470. The lowest BCUT2D eigenvalue weighted by molar-refractivity contribution is -0.139. The maximum Gasteiger partial charge on any atom is 0.338 e. The van der Waals surface area contributed by atoms with Crippen molar-refractivity contribution in [3.8, 4) is 0 Å². The second kappa shape index (κ2) is 11.4.